The van der Waals surface area contributed by atoms with E-state index in [-0.39, 0.29) is 0 Å². The van der Waals surface area contributed by atoms with Crippen LogP contribution in [0, 0.1) is 11.8 Å². The summed E-state index contributed by atoms with van der Waals surface area (Å²) in [6.45, 7) is 13.1. The first-order chi connectivity index (χ1) is 14.4. The van der Waals surface area contributed by atoms with Crippen molar-refractivity contribution in [2.24, 2.45) is 11.8 Å². The van der Waals surface area contributed by atoms with E-state index in [1.165, 1.54) is 12.8 Å². The van der Waals surface area contributed by atoms with Gasteiger partial charge in [-0.3, -0.25) is 0 Å². The highest BCUT2D eigenvalue weighted by Crippen LogP contribution is 2.15. The average molecular weight is 429 g/mol. The van der Waals surface area contributed by atoms with Gasteiger partial charge < -0.3 is 18.9 Å². The minimum absolute atomic E-state index is 0.465. The van der Waals surface area contributed by atoms with E-state index in [1.807, 2.05) is 0 Å². The predicted molar refractivity (Wildman–Crippen MR) is 119 cm³/mol. The third-order valence-corrected chi connectivity index (χ3v) is 5.14. The van der Waals surface area contributed by atoms with Gasteiger partial charge >= 0.3 is 11.9 Å². The van der Waals surface area contributed by atoms with E-state index >= 15 is 0 Å². The highest BCUT2D eigenvalue weighted by atomic mass is 16.7. The van der Waals surface area contributed by atoms with Crippen LogP contribution in [-0.2, 0) is 28.5 Å². The number of ether oxygens (including phenoxy) is 4. The fourth-order valence-corrected chi connectivity index (χ4v) is 2.95. The first-order valence-corrected chi connectivity index (χ1v) is 11.7. The Balaban J connectivity index is 4.17. The number of esters is 2. The summed E-state index contributed by atoms with van der Waals surface area (Å²) in [5.74, 6) is -0.347. The van der Waals surface area contributed by atoms with Crippen LogP contribution in [0.2, 0.25) is 0 Å². The third kappa shape index (κ3) is 15.4. The fraction of sp³-hybridized carbons (Fsp3) is 0.833. The van der Waals surface area contributed by atoms with E-state index < -0.39 is 24.5 Å². The average Bonchev–Trinajstić information content (AvgIpc) is 2.72. The lowest BCUT2D eigenvalue weighted by Gasteiger charge is -2.19. The summed E-state index contributed by atoms with van der Waals surface area (Å²) in [5, 5.41) is 0. The molecule has 6 heteroatoms. The van der Waals surface area contributed by atoms with E-state index in [4.69, 9.17) is 18.9 Å². The van der Waals surface area contributed by atoms with Gasteiger partial charge in [-0.2, -0.15) is 0 Å². The van der Waals surface area contributed by atoms with E-state index in [9.17, 15) is 9.59 Å². The van der Waals surface area contributed by atoms with Crippen LogP contribution >= 0.6 is 0 Å². The van der Waals surface area contributed by atoms with E-state index in [2.05, 4.69) is 27.7 Å². The van der Waals surface area contributed by atoms with Crippen molar-refractivity contribution in [3.05, 3.63) is 12.2 Å². The molecule has 0 radical (unpaired) electrons. The van der Waals surface area contributed by atoms with Crippen molar-refractivity contribution in [1.82, 2.24) is 0 Å². The van der Waals surface area contributed by atoms with Crippen molar-refractivity contribution in [2.75, 3.05) is 13.2 Å². The smallest absolute Gasteiger partial charge is 0.333 e. The van der Waals surface area contributed by atoms with Crippen LogP contribution in [0.15, 0.2) is 12.2 Å². The first kappa shape index (κ1) is 28.6. The number of hydrogen-bond donors (Lipinski definition) is 0. The highest BCUT2D eigenvalue weighted by molar-refractivity contribution is 5.91. The molecule has 0 fully saturated rings. The Bertz CT molecular complexity index is 434. The van der Waals surface area contributed by atoms with Crippen LogP contribution in [0.1, 0.15) is 92.9 Å². The minimum Gasteiger partial charge on any atom is -0.433 e. The second-order valence-corrected chi connectivity index (χ2v) is 7.84. The van der Waals surface area contributed by atoms with Crippen molar-refractivity contribution < 1.29 is 28.5 Å². The van der Waals surface area contributed by atoms with Gasteiger partial charge in [0.05, 0.1) is 13.2 Å². The number of carbonyl (C=O) groups excluding carboxylic acids is 2. The molecule has 0 aliphatic heterocycles. The molecular weight excluding hydrogens is 384 g/mol. The predicted octanol–water partition coefficient (Wildman–Crippen LogP) is 5.79. The summed E-state index contributed by atoms with van der Waals surface area (Å²) in [6.07, 6.45) is 9.71. The van der Waals surface area contributed by atoms with Crippen LogP contribution in [-0.4, -0.2) is 37.7 Å². The monoisotopic (exact) mass is 428 g/mol. The molecule has 176 valence electrons. The Hall–Kier alpha value is -1.40. The van der Waals surface area contributed by atoms with Gasteiger partial charge in [0.2, 0.25) is 0 Å². The summed E-state index contributed by atoms with van der Waals surface area (Å²) in [6, 6.07) is 0. The zero-order chi connectivity index (χ0) is 22.8. The Labute approximate surface area is 183 Å². The topological polar surface area (TPSA) is 71.1 Å². The molecule has 0 aromatic heterocycles. The molecule has 0 heterocycles. The molecule has 0 N–H and O–H groups in total. The molecule has 0 spiro atoms. The van der Waals surface area contributed by atoms with Crippen LogP contribution in [0.3, 0.4) is 0 Å². The van der Waals surface area contributed by atoms with Crippen molar-refractivity contribution >= 4 is 11.9 Å². The van der Waals surface area contributed by atoms with Gasteiger partial charge in [0.25, 0.3) is 0 Å². The first-order valence-electron chi connectivity index (χ1n) is 11.7. The summed E-state index contributed by atoms with van der Waals surface area (Å²) in [5.41, 5.74) is 0. The van der Waals surface area contributed by atoms with Gasteiger partial charge in [-0.05, 0) is 38.5 Å². The lowest BCUT2D eigenvalue weighted by Crippen LogP contribution is -2.22. The quantitative estimate of drug-likeness (QED) is 0.156. The molecule has 0 aliphatic rings. The second-order valence-electron chi connectivity index (χ2n) is 7.84. The largest absolute Gasteiger partial charge is 0.433 e. The SMILES string of the molecule is CCCCC(CC)COC(C)OC(=O)C=CC(=O)OC(C)OCC(CC)CCCC. The fourth-order valence-electron chi connectivity index (χ4n) is 2.95. The van der Waals surface area contributed by atoms with Gasteiger partial charge in [0, 0.05) is 12.2 Å². The summed E-state index contributed by atoms with van der Waals surface area (Å²) < 4.78 is 21.5. The second kappa shape index (κ2) is 18.4. The lowest BCUT2D eigenvalue weighted by atomic mass is 10.0. The third-order valence-electron chi connectivity index (χ3n) is 5.14. The Kier molecular flexibility index (Phi) is 17.5. The van der Waals surface area contributed by atoms with Gasteiger partial charge in [-0.25, -0.2) is 9.59 Å². The van der Waals surface area contributed by atoms with Gasteiger partial charge in [-0.1, -0.05) is 66.2 Å². The number of hydrogen-bond acceptors (Lipinski definition) is 6. The maximum Gasteiger partial charge on any atom is 0.333 e. The standard InChI is InChI=1S/C24H44O6/c1-7-11-13-21(9-3)17-27-19(5)29-23(25)15-16-24(26)30-20(6)28-18-22(10-4)14-12-8-2/h15-16,19-22H,7-14,17-18H2,1-6H3. The Morgan fingerprint density at radius 1 is 0.700 bits per heavy atom. The molecule has 0 rings (SSSR count). The molecule has 4 atom stereocenters. The highest BCUT2D eigenvalue weighted by Gasteiger charge is 2.14. The molecule has 30 heavy (non-hydrogen) atoms. The van der Waals surface area contributed by atoms with E-state index in [1.54, 1.807) is 13.8 Å². The van der Waals surface area contributed by atoms with Crippen molar-refractivity contribution in [3.8, 4) is 0 Å². The molecule has 0 aromatic rings. The molecule has 0 bridgehead atoms. The molecule has 0 aliphatic carbocycles. The minimum atomic E-state index is -0.662. The normalized spacial score (nSPS) is 15.5. The van der Waals surface area contributed by atoms with Gasteiger partial charge in [-0.15, -0.1) is 0 Å². The maximum atomic E-state index is 11.9. The molecule has 0 aromatic carbocycles. The van der Waals surface area contributed by atoms with Crippen LogP contribution in [0.4, 0.5) is 0 Å². The Morgan fingerprint density at radius 2 is 1.07 bits per heavy atom. The van der Waals surface area contributed by atoms with Crippen molar-refractivity contribution in [1.29, 1.82) is 0 Å². The number of unbranched alkanes of at least 4 members (excludes halogenated alkanes) is 2. The zero-order valence-electron chi connectivity index (χ0n) is 20.0. The van der Waals surface area contributed by atoms with Crippen molar-refractivity contribution in [2.45, 2.75) is 105 Å². The molecule has 0 amide bonds. The summed E-state index contributed by atoms with van der Waals surface area (Å²) >= 11 is 0. The molecule has 0 saturated carbocycles. The van der Waals surface area contributed by atoms with Crippen LogP contribution in [0.25, 0.3) is 0 Å². The van der Waals surface area contributed by atoms with E-state index in [0.29, 0.717) is 25.0 Å². The van der Waals surface area contributed by atoms with Crippen LogP contribution in [0.5, 0.6) is 0 Å². The van der Waals surface area contributed by atoms with Gasteiger partial charge in [0.15, 0.2) is 12.6 Å². The molecule has 4 unspecified atom stereocenters. The molecule has 0 saturated heterocycles. The van der Waals surface area contributed by atoms with Gasteiger partial charge in [0.1, 0.15) is 0 Å². The summed E-state index contributed by atoms with van der Waals surface area (Å²) in [7, 11) is 0. The Morgan fingerprint density at radius 3 is 1.37 bits per heavy atom. The number of carbonyl (C=O) groups is 2. The molecule has 6 nitrogen and oxygen atoms in total. The maximum absolute atomic E-state index is 11.9. The van der Waals surface area contributed by atoms with E-state index in [0.717, 1.165) is 50.7 Å². The van der Waals surface area contributed by atoms with Crippen molar-refractivity contribution in [3.63, 3.8) is 0 Å². The molecular formula is C24H44O6. The summed E-state index contributed by atoms with van der Waals surface area (Å²) in [4.78, 5) is 23.7. The zero-order valence-corrected chi connectivity index (χ0v) is 20.0. The number of rotatable bonds is 18. The lowest BCUT2D eigenvalue weighted by molar-refractivity contribution is -0.174. The van der Waals surface area contributed by atoms with Crippen LogP contribution < -0.4 is 0 Å².